The molecule has 1 aliphatic rings. The van der Waals surface area contributed by atoms with Gasteiger partial charge in [-0.1, -0.05) is 5.16 Å². The van der Waals surface area contributed by atoms with Gasteiger partial charge in [0.2, 0.25) is 0 Å². The zero-order valence-corrected chi connectivity index (χ0v) is 13.0. The Balaban J connectivity index is 2.36. The molecule has 0 saturated heterocycles. The Bertz CT molecular complexity index is 670. The summed E-state index contributed by atoms with van der Waals surface area (Å²) in [5.41, 5.74) is 8.37. The van der Waals surface area contributed by atoms with E-state index in [4.69, 9.17) is 10.9 Å². The number of pyridine rings is 1. The smallest absolute Gasteiger partial charge is 0.173 e. The minimum atomic E-state index is -3.06. The van der Waals surface area contributed by atoms with Crippen molar-refractivity contribution >= 4 is 21.5 Å². The molecule has 2 rings (SSSR count). The summed E-state index contributed by atoms with van der Waals surface area (Å²) in [6.45, 7) is 0.302. The highest BCUT2D eigenvalue weighted by Gasteiger charge is 2.21. The monoisotopic (exact) mass is 312 g/mol. The molecule has 0 atom stereocenters. The number of hydrogen-bond acceptors (Lipinski definition) is 6. The Hall–Kier alpha value is -1.83. The average Bonchev–Trinajstić information content (AvgIpc) is 2.88. The maximum atomic E-state index is 11.3. The highest BCUT2D eigenvalue weighted by atomic mass is 32.2. The number of rotatable bonds is 5. The van der Waals surface area contributed by atoms with Crippen LogP contribution in [0.25, 0.3) is 0 Å². The number of aryl methyl sites for hydroxylation is 2. The predicted molar refractivity (Wildman–Crippen MR) is 81.8 cm³/mol. The number of oxime groups is 1. The van der Waals surface area contributed by atoms with Gasteiger partial charge in [0, 0.05) is 25.5 Å². The molecule has 8 heteroatoms. The van der Waals surface area contributed by atoms with E-state index in [1.807, 2.05) is 6.07 Å². The van der Waals surface area contributed by atoms with Crippen LogP contribution >= 0.6 is 0 Å². The Labute approximate surface area is 124 Å². The molecule has 0 radical (unpaired) electrons. The van der Waals surface area contributed by atoms with Crippen LogP contribution in [-0.2, 0) is 22.7 Å². The van der Waals surface area contributed by atoms with Crippen LogP contribution < -0.4 is 10.6 Å². The first-order valence-corrected chi connectivity index (χ1v) is 8.77. The third-order valence-electron chi connectivity index (χ3n) is 3.57. The normalized spacial score (nSPS) is 15.0. The molecule has 1 aromatic rings. The van der Waals surface area contributed by atoms with Gasteiger partial charge < -0.3 is 15.8 Å². The first kappa shape index (κ1) is 15.6. The highest BCUT2D eigenvalue weighted by Crippen LogP contribution is 2.26. The number of nitrogens with two attached hydrogens (primary N) is 1. The van der Waals surface area contributed by atoms with Crippen molar-refractivity contribution < 1.29 is 13.6 Å². The predicted octanol–water partition coefficient (Wildman–Crippen LogP) is 0.146. The summed E-state index contributed by atoms with van der Waals surface area (Å²) in [7, 11) is -1.30. The number of nitrogens with zero attached hydrogens (tertiary/aromatic N) is 3. The zero-order valence-electron chi connectivity index (χ0n) is 12.2. The van der Waals surface area contributed by atoms with Gasteiger partial charge in [-0.3, -0.25) is 0 Å². The molecule has 0 saturated carbocycles. The van der Waals surface area contributed by atoms with Crippen molar-refractivity contribution in [1.29, 1.82) is 0 Å². The summed E-state index contributed by atoms with van der Waals surface area (Å²) in [4.78, 5) is 6.31. The number of anilines is 1. The summed E-state index contributed by atoms with van der Waals surface area (Å²) in [6, 6.07) is 1.89. The van der Waals surface area contributed by atoms with Crippen LogP contribution in [-0.4, -0.2) is 50.0 Å². The molecule has 116 valence electrons. The van der Waals surface area contributed by atoms with Gasteiger partial charge in [0.15, 0.2) is 5.84 Å². The second kappa shape index (κ2) is 5.88. The van der Waals surface area contributed by atoms with Crippen LogP contribution in [0.5, 0.6) is 0 Å². The first-order valence-electron chi connectivity index (χ1n) is 6.71. The molecular weight excluding hydrogens is 292 g/mol. The Morgan fingerprint density at radius 2 is 2.24 bits per heavy atom. The Morgan fingerprint density at radius 1 is 1.52 bits per heavy atom. The SMILES string of the molecule is CN(CCS(C)(=O)=O)c1nc2c(cc1C(N)=NO)CCC2. The van der Waals surface area contributed by atoms with Crippen molar-refractivity contribution in [3.63, 3.8) is 0 Å². The van der Waals surface area contributed by atoms with E-state index in [0.29, 0.717) is 17.9 Å². The summed E-state index contributed by atoms with van der Waals surface area (Å²) in [5, 5.41) is 12.0. The van der Waals surface area contributed by atoms with Crippen LogP contribution in [0.2, 0.25) is 0 Å². The summed E-state index contributed by atoms with van der Waals surface area (Å²) in [5.74, 6) is 0.561. The summed E-state index contributed by atoms with van der Waals surface area (Å²) in [6.07, 6.45) is 4.07. The van der Waals surface area contributed by atoms with Crippen LogP contribution in [0.4, 0.5) is 5.82 Å². The highest BCUT2D eigenvalue weighted by molar-refractivity contribution is 7.90. The second-order valence-corrected chi connectivity index (χ2v) is 7.62. The van der Waals surface area contributed by atoms with Gasteiger partial charge in [0.25, 0.3) is 0 Å². The van der Waals surface area contributed by atoms with Gasteiger partial charge in [-0.05, 0) is 30.9 Å². The molecule has 21 heavy (non-hydrogen) atoms. The van der Waals surface area contributed by atoms with Crippen molar-refractivity contribution in [2.75, 3.05) is 30.5 Å². The van der Waals surface area contributed by atoms with E-state index >= 15 is 0 Å². The summed E-state index contributed by atoms with van der Waals surface area (Å²) >= 11 is 0. The third kappa shape index (κ3) is 3.63. The van der Waals surface area contributed by atoms with Crippen molar-refractivity contribution in [3.8, 4) is 0 Å². The third-order valence-corrected chi connectivity index (χ3v) is 4.50. The van der Waals surface area contributed by atoms with Gasteiger partial charge in [-0.2, -0.15) is 0 Å². The van der Waals surface area contributed by atoms with E-state index in [9.17, 15) is 8.42 Å². The fraction of sp³-hybridized carbons (Fsp3) is 0.538. The number of fused-ring (bicyclic) bond motifs is 1. The minimum Gasteiger partial charge on any atom is -0.409 e. The molecule has 7 nitrogen and oxygen atoms in total. The van der Waals surface area contributed by atoms with E-state index in [1.54, 1.807) is 11.9 Å². The quantitative estimate of drug-likeness (QED) is 0.346. The molecule has 3 N–H and O–H groups in total. The van der Waals surface area contributed by atoms with E-state index in [2.05, 4.69) is 10.1 Å². The van der Waals surface area contributed by atoms with Gasteiger partial charge in [0.1, 0.15) is 15.7 Å². The largest absolute Gasteiger partial charge is 0.409 e. The first-order chi connectivity index (χ1) is 9.81. The van der Waals surface area contributed by atoms with Crippen molar-refractivity contribution in [2.45, 2.75) is 19.3 Å². The maximum Gasteiger partial charge on any atom is 0.173 e. The number of amidine groups is 1. The lowest BCUT2D eigenvalue weighted by atomic mass is 10.1. The minimum absolute atomic E-state index is 0.0154. The van der Waals surface area contributed by atoms with Crippen molar-refractivity contribution in [2.24, 2.45) is 10.9 Å². The Kier molecular flexibility index (Phi) is 4.36. The van der Waals surface area contributed by atoms with Crippen LogP contribution in [0.15, 0.2) is 11.2 Å². The van der Waals surface area contributed by atoms with Gasteiger partial charge in [0.05, 0.1) is 11.3 Å². The maximum absolute atomic E-state index is 11.3. The van der Waals surface area contributed by atoms with Crippen molar-refractivity contribution in [3.05, 3.63) is 22.9 Å². The Morgan fingerprint density at radius 3 is 2.86 bits per heavy atom. The second-order valence-electron chi connectivity index (χ2n) is 5.36. The lowest BCUT2D eigenvalue weighted by molar-refractivity contribution is 0.318. The van der Waals surface area contributed by atoms with E-state index in [0.717, 1.165) is 30.5 Å². The molecular formula is C13H20N4O3S. The lowest BCUT2D eigenvalue weighted by Gasteiger charge is -2.21. The molecule has 0 spiro atoms. The van der Waals surface area contributed by atoms with Crippen LogP contribution in [0, 0.1) is 0 Å². The fourth-order valence-electron chi connectivity index (χ4n) is 2.40. The topological polar surface area (TPSA) is 109 Å². The molecule has 0 amide bonds. The molecule has 0 aromatic carbocycles. The average molecular weight is 312 g/mol. The molecule has 0 fully saturated rings. The lowest BCUT2D eigenvalue weighted by Crippen LogP contribution is -2.29. The standard InChI is InChI=1S/C13H20N4O3S/c1-17(6-7-21(2,19)20)13-10(12(14)16-18)8-9-4-3-5-11(9)15-13/h8,18H,3-7H2,1-2H3,(H2,14,16). The number of hydrogen-bond donors (Lipinski definition) is 2. The summed E-state index contributed by atoms with van der Waals surface area (Å²) < 4.78 is 22.6. The molecule has 1 aliphatic carbocycles. The molecule has 0 unspecified atom stereocenters. The van der Waals surface area contributed by atoms with E-state index in [-0.39, 0.29) is 11.6 Å². The van der Waals surface area contributed by atoms with E-state index in [1.165, 1.54) is 6.26 Å². The van der Waals surface area contributed by atoms with Gasteiger partial charge >= 0.3 is 0 Å². The number of sulfone groups is 1. The zero-order chi connectivity index (χ0) is 15.6. The van der Waals surface area contributed by atoms with Crippen molar-refractivity contribution in [1.82, 2.24) is 4.98 Å². The number of aromatic nitrogens is 1. The van der Waals surface area contributed by atoms with Gasteiger partial charge in [-0.15, -0.1) is 0 Å². The molecule has 1 aromatic heterocycles. The van der Waals surface area contributed by atoms with Crippen LogP contribution in [0.3, 0.4) is 0 Å². The van der Waals surface area contributed by atoms with Gasteiger partial charge in [-0.25, -0.2) is 13.4 Å². The van der Waals surface area contributed by atoms with E-state index < -0.39 is 9.84 Å². The molecule has 0 aliphatic heterocycles. The van der Waals surface area contributed by atoms with Crippen LogP contribution in [0.1, 0.15) is 23.2 Å². The fourth-order valence-corrected chi connectivity index (χ4v) is 3.01. The molecule has 1 heterocycles. The molecule has 0 bridgehead atoms.